The molecule has 2 aromatic rings. The Morgan fingerprint density at radius 3 is 1.98 bits per heavy atom. The number of aromatic amines is 1. The summed E-state index contributed by atoms with van der Waals surface area (Å²) in [6.45, 7) is 3.14. The molecular formula is C40H58N10O13S2. The van der Waals surface area contributed by atoms with Crippen LogP contribution in [0.2, 0.25) is 0 Å². The van der Waals surface area contributed by atoms with E-state index in [9.17, 15) is 58.2 Å². The number of carboxylic acids is 2. The molecule has 1 aromatic carbocycles. The Morgan fingerprint density at radius 2 is 1.37 bits per heavy atom. The maximum Gasteiger partial charge on any atom is 0.322 e. The van der Waals surface area contributed by atoms with Gasteiger partial charge in [-0.15, -0.1) is 0 Å². The van der Waals surface area contributed by atoms with Gasteiger partial charge >= 0.3 is 11.9 Å². The van der Waals surface area contributed by atoms with E-state index >= 15 is 0 Å². The lowest BCUT2D eigenvalue weighted by Gasteiger charge is -2.30. The minimum Gasteiger partial charge on any atom is -0.481 e. The van der Waals surface area contributed by atoms with Gasteiger partial charge in [-0.2, -0.15) is 25.3 Å². The summed E-state index contributed by atoms with van der Waals surface area (Å²) < 4.78 is 0. The zero-order chi connectivity index (χ0) is 48.5. The van der Waals surface area contributed by atoms with Crippen LogP contribution in [-0.4, -0.2) is 164 Å². The van der Waals surface area contributed by atoms with Gasteiger partial charge < -0.3 is 68.2 Å². The van der Waals surface area contributed by atoms with E-state index in [0.29, 0.717) is 12.0 Å². The number of H-pyrrole nitrogens is 1. The second-order valence-corrected chi connectivity index (χ2v) is 16.5. The van der Waals surface area contributed by atoms with E-state index in [1.807, 2.05) is 6.07 Å². The van der Waals surface area contributed by atoms with Crippen LogP contribution in [0.1, 0.15) is 52.0 Å². The maximum absolute atomic E-state index is 14.0. The van der Waals surface area contributed by atoms with Crippen LogP contribution >= 0.6 is 25.3 Å². The van der Waals surface area contributed by atoms with E-state index < -0.39 is 127 Å². The number of benzene rings is 1. The molecule has 1 fully saturated rings. The molecule has 2 heterocycles. The van der Waals surface area contributed by atoms with Crippen molar-refractivity contribution in [3.63, 3.8) is 0 Å². The van der Waals surface area contributed by atoms with Gasteiger partial charge in [-0.1, -0.05) is 32.0 Å². The number of hydrogen-bond acceptors (Lipinski definition) is 14. The number of likely N-dealkylation sites (tertiary alicyclic amines) is 1. The second-order valence-electron chi connectivity index (χ2n) is 15.8. The highest BCUT2D eigenvalue weighted by Gasteiger charge is 2.40. The largest absolute Gasteiger partial charge is 0.481 e. The number of aromatic nitrogens is 1. The van der Waals surface area contributed by atoms with Gasteiger partial charge in [-0.3, -0.25) is 47.9 Å². The van der Waals surface area contributed by atoms with Crippen LogP contribution in [0.15, 0.2) is 30.5 Å². The number of amides is 8. The Balaban J connectivity index is 1.74. The van der Waals surface area contributed by atoms with Gasteiger partial charge in [-0.25, -0.2) is 0 Å². The molecule has 23 nitrogen and oxygen atoms in total. The molecule has 65 heavy (non-hydrogen) atoms. The molecule has 0 bridgehead atoms. The lowest BCUT2D eigenvalue weighted by molar-refractivity contribution is -0.143. The van der Waals surface area contributed by atoms with Gasteiger partial charge in [0.25, 0.3) is 0 Å². The number of carbonyl (C=O) groups is 10. The average Bonchev–Trinajstić information content (AvgIpc) is 3.92. The molecule has 8 atom stereocenters. The van der Waals surface area contributed by atoms with Crippen molar-refractivity contribution >= 4 is 95.4 Å². The number of carboxylic acid groups (broad SMARTS) is 2. The molecule has 0 spiro atoms. The van der Waals surface area contributed by atoms with Gasteiger partial charge in [-0.05, 0) is 43.7 Å². The molecule has 25 heteroatoms. The van der Waals surface area contributed by atoms with E-state index in [1.54, 1.807) is 38.2 Å². The fourth-order valence-corrected chi connectivity index (χ4v) is 7.26. The van der Waals surface area contributed by atoms with Crippen LogP contribution in [0, 0.1) is 5.92 Å². The van der Waals surface area contributed by atoms with Crippen LogP contribution in [0.5, 0.6) is 0 Å². The number of rotatable bonds is 25. The number of aliphatic hydroxyl groups is 1. The predicted octanol–water partition coefficient (Wildman–Crippen LogP) is -3.47. The van der Waals surface area contributed by atoms with Gasteiger partial charge in [0.1, 0.15) is 48.8 Å². The number of nitrogens with one attached hydrogen (secondary N) is 8. The highest BCUT2D eigenvalue weighted by Crippen LogP contribution is 2.22. The number of para-hydroxylation sites is 1. The first-order valence-electron chi connectivity index (χ1n) is 20.7. The number of nitrogens with two attached hydrogens (primary N) is 1. The summed E-state index contributed by atoms with van der Waals surface area (Å²) >= 11 is 8.05. The number of aliphatic carboxylic acids is 2. The summed E-state index contributed by atoms with van der Waals surface area (Å²) in [5, 5.41) is 46.2. The van der Waals surface area contributed by atoms with Crippen molar-refractivity contribution in [1.29, 1.82) is 0 Å². The Labute approximate surface area is 384 Å². The van der Waals surface area contributed by atoms with Crippen molar-refractivity contribution in [1.82, 2.24) is 47.1 Å². The zero-order valence-electron chi connectivity index (χ0n) is 36.0. The van der Waals surface area contributed by atoms with Crippen molar-refractivity contribution in [2.24, 2.45) is 11.7 Å². The quantitative estimate of drug-likeness (QED) is 0.0431. The predicted molar refractivity (Wildman–Crippen MR) is 239 cm³/mol. The lowest BCUT2D eigenvalue weighted by Crippen LogP contribution is -2.60. The Hall–Kier alpha value is -5.92. The Morgan fingerprint density at radius 1 is 0.754 bits per heavy atom. The van der Waals surface area contributed by atoms with Crippen LogP contribution < -0.4 is 43.0 Å². The van der Waals surface area contributed by atoms with Crippen molar-refractivity contribution in [3.05, 3.63) is 36.0 Å². The number of carbonyl (C=O) groups excluding carboxylic acids is 8. The Bertz CT molecular complexity index is 2070. The van der Waals surface area contributed by atoms with E-state index in [4.69, 9.17) is 10.8 Å². The monoisotopic (exact) mass is 950 g/mol. The molecule has 1 aliphatic heterocycles. The van der Waals surface area contributed by atoms with Gasteiger partial charge in [0, 0.05) is 41.6 Å². The first-order valence-corrected chi connectivity index (χ1v) is 21.9. The van der Waals surface area contributed by atoms with Gasteiger partial charge in [0.2, 0.25) is 47.3 Å². The summed E-state index contributed by atoms with van der Waals surface area (Å²) in [4.78, 5) is 133. The molecule has 1 aliphatic rings. The second kappa shape index (κ2) is 25.5. The SMILES string of the molecule is CC(C)C[C@H](NC(=O)[C@H](CC(=O)O)NC(=O)[C@@H](N)CS)C(=O)N[C@@H](C)C(=O)N[C@@H](CO)C(=O)N1CCC[C@H]1C(=O)N[C@@H](Cc1c[nH]c2ccccc12)C(=O)N[C@@H](CS)C(=O)NCC(=O)O. The molecule has 1 aromatic heterocycles. The summed E-state index contributed by atoms with van der Waals surface area (Å²) in [7, 11) is 0. The van der Waals surface area contributed by atoms with E-state index in [2.05, 4.69) is 67.5 Å². The number of fused-ring (bicyclic) bond motifs is 1. The van der Waals surface area contributed by atoms with Crippen molar-refractivity contribution in [2.45, 2.75) is 101 Å². The van der Waals surface area contributed by atoms with E-state index in [-0.39, 0.29) is 43.2 Å². The van der Waals surface area contributed by atoms with Gasteiger partial charge in [0.15, 0.2) is 0 Å². The topological polar surface area (TPSA) is 361 Å². The average molecular weight is 951 g/mol. The van der Waals surface area contributed by atoms with E-state index in [1.165, 1.54) is 6.92 Å². The van der Waals surface area contributed by atoms with Crippen LogP contribution in [0.25, 0.3) is 10.9 Å². The van der Waals surface area contributed by atoms with Crippen LogP contribution in [0.4, 0.5) is 0 Å². The minimum absolute atomic E-state index is 0.0220. The summed E-state index contributed by atoms with van der Waals surface area (Å²) in [5.74, 6) is -10.2. The third kappa shape index (κ3) is 15.9. The maximum atomic E-state index is 14.0. The zero-order valence-corrected chi connectivity index (χ0v) is 37.8. The Kier molecular flexibility index (Phi) is 21.0. The van der Waals surface area contributed by atoms with Crippen molar-refractivity contribution in [3.8, 4) is 0 Å². The summed E-state index contributed by atoms with van der Waals surface area (Å²) in [6, 6.07) is -3.64. The number of hydrogen-bond donors (Lipinski definition) is 14. The minimum atomic E-state index is -1.61. The van der Waals surface area contributed by atoms with Gasteiger partial charge in [0.05, 0.1) is 19.1 Å². The lowest BCUT2D eigenvalue weighted by atomic mass is 10.0. The fourth-order valence-electron chi connectivity index (χ4n) is 6.84. The highest BCUT2D eigenvalue weighted by molar-refractivity contribution is 7.80. The first-order chi connectivity index (χ1) is 30.7. The molecule has 0 saturated carbocycles. The standard InChI is InChI=1S/C40H58N10O13S2/c1-19(2)11-25(46-38(61)27(13-31(52)53)45-34(57)23(41)17-64)36(59)44-20(3)33(56)48-28(16-51)40(63)50-10-6-9-30(50)39(62)47-26(12-21-14-42-24-8-5-4-7-22(21)24)37(60)49-29(18-65)35(58)43-15-32(54)55/h4-5,7-8,14,19-20,23,25-30,42,51,64-65H,6,9-13,15-18,41H2,1-3H3,(H,43,58)(H,44,59)(H,45,57)(H,46,61)(H,47,62)(H,48,56)(H,49,60)(H,52,53)(H,54,55)/t20-,23-,25-,26-,27-,28-,29-,30-/m0/s1. The molecule has 3 rings (SSSR count). The molecule has 0 unspecified atom stereocenters. The third-order valence-electron chi connectivity index (χ3n) is 10.2. The molecule has 0 radical (unpaired) electrons. The molecular weight excluding hydrogens is 893 g/mol. The molecule has 8 amide bonds. The molecule has 1 saturated heterocycles. The highest BCUT2D eigenvalue weighted by atomic mass is 32.1. The van der Waals surface area contributed by atoms with Crippen LogP contribution in [-0.2, 0) is 54.4 Å². The third-order valence-corrected chi connectivity index (χ3v) is 11.0. The normalized spacial score (nSPS) is 16.7. The van der Waals surface area contributed by atoms with Crippen LogP contribution in [0.3, 0.4) is 0 Å². The number of aliphatic hydroxyl groups excluding tert-OH is 1. The summed E-state index contributed by atoms with van der Waals surface area (Å²) in [5.41, 5.74) is 7.02. The van der Waals surface area contributed by atoms with E-state index in [0.717, 1.165) is 15.8 Å². The fraction of sp³-hybridized carbons (Fsp3) is 0.550. The van der Waals surface area contributed by atoms with Crippen molar-refractivity contribution < 1.29 is 63.3 Å². The smallest absolute Gasteiger partial charge is 0.322 e. The molecule has 358 valence electrons. The molecule has 13 N–H and O–H groups in total. The number of thiol groups is 2. The molecule has 0 aliphatic carbocycles. The van der Waals surface area contributed by atoms with Crippen molar-refractivity contribution in [2.75, 3.05) is 31.2 Å². The summed E-state index contributed by atoms with van der Waals surface area (Å²) in [6.07, 6.45) is 1.22. The first kappa shape index (κ1) is 53.4. The number of nitrogens with zero attached hydrogens (tertiary/aromatic N) is 1.